The van der Waals surface area contributed by atoms with Crippen LogP contribution in [0.25, 0.3) is 90.9 Å². The summed E-state index contributed by atoms with van der Waals surface area (Å²) in [6.07, 6.45) is 6.77. The van der Waals surface area contributed by atoms with E-state index >= 15 is 4.79 Å². The average molecular weight is 1350 g/mol. The molecule has 9 atom stereocenters. The lowest BCUT2D eigenvalue weighted by atomic mass is 9.88. The monoisotopic (exact) mass is 1340 g/mol. The first-order valence-electron chi connectivity index (χ1n) is 32.5. The Morgan fingerprint density at radius 3 is 1.34 bits per heavy atom. The van der Waals surface area contributed by atoms with E-state index < -0.39 is 131 Å². The van der Waals surface area contributed by atoms with Gasteiger partial charge in [-0.15, -0.1) is 0 Å². The first-order chi connectivity index (χ1) is 47.8. The molecule has 498 valence electrons. The lowest BCUT2D eigenvalue weighted by Gasteiger charge is -2.42. The second kappa shape index (κ2) is 23.4. The number of hydrogen-bond acceptors (Lipinski definition) is 15. The maximum atomic E-state index is 15.2. The number of ether oxygens (including phenoxy) is 1. The van der Waals surface area contributed by atoms with Crippen LogP contribution in [0.4, 0.5) is 0 Å². The fourth-order valence-electron chi connectivity index (χ4n) is 16.0. The van der Waals surface area contributed by atoms with E-state index in [0.29, 0.717) is 28.0 Å². The second-order valence-corrected chi connectivity index (χ2v) is 27.0. The first-order valence-corrected chi connectivity index (χ1v) is 33.1. The fourth-order valence-corrected chi connectivity index (χ4v) is 16.3. The van der Waals surface area contributed by atoms with Crippen molar-refractivity contribution in [2.24, 2.45) is 5.73 Å². The van der Waals surface area contributed by atoms with Crippen molar-refractivity contribution in [3.05, 3.63) is 168 Å². The number of aromatic nitrogens is 4. The third-order valence-electron chi connectivity index (χ3n) is 20.7. The topological polar surface area (TPSA) is 345 Å². The number of rotatable bonds is 11. The van der Waals surface area contributed by atoms with Crippen LogP contribution in [-0.2, 0) is 47.9 Å². The van der Waals surface area contributed by atoms with Gasteiger partial charge in [0.1, 0.15) is 40.8 Å². The predicted octanol–water partition coefficient (Wildman–Crippen LogP) is 3.64. The summed E-state index contributed by atoms with van der Waals surface area (Å²) >= 11 is 4.08. The standard InChI is InChI=1S/C73H64N14O11S/c1-98-69(97)73(32-55-65(93)84-72(68(96)87(55)37-73)31-54-64(92)83-71(67(95)86(54)36-72)30-53-63(91)82-70(66(94)85(53)35-71)29-51(75-34-70)62(90)80-52(33-99)60(74)88)81-61(89)42-19-17-41(18-20-42)59-49-27-25-47(78-49)57(39-13-7-3-8-14-39)45-23-21-43(76-45)56(38-11-5-2-6-12-38)44-22-24-46(77-44)58(40-15-9-4-10-16-40)48-26-28-50(59)79-48/h2-28,51-55,75-76,79,99H,29-37H2,1H3,(H2,74,88)(H,80,90)(H,81,89)(H,82,91)(H,83,92)(H,84,93)/t51-,52-,53-,54-,55-,70-,71-,72-,73-/m0/s1. The molecule has 3 spiro atoms. The van der Waals surface area contributed by atoms with Gasteiger partial charge in [0.2, 0.25) is 29.5 Å². The number of nitrogens with one attached hydrogen (secondary N) is 8. The minimum absolute atomic E-state index is 0.0791. The minimum atomic E-state index is -1.96. The van der Waals surface area contributed by atoms with Crippen LogP contribution in [0.3, 0.4) is 0 Å². The van der Waals surface area contributed by atoms with Crippen molar-refractivity contribution in [1.82, 2.24) is 66.5 Å². The van der Waals surface area contributed by atoms with E-state index in [0.717, 1.165) is 68.4 Å². The molecule has 16 rings (SSSR count). The van der Waals surface area contributed by atoms with Gasteiger partial charge in [-0.2, -0.15) is 12.6 Å². The Balaban J connectivity index is 0.689. The average Bonchev–Trinajstić information content (AvgIpc) is 1.54. The summed E-state index contributed by atoms with van der Waals surface area (Å²) in [7, 11) is 1.13. The molecule has 26 heteroatoms. The molecule has 0 unspecified atom stereocenters. The number of methoxy groups -OCH3 is 1. The lowest BCUT2D eigenvalue weighted by Crippen LogP contribution is -2.71. The third-order valence-corrected chi connectivity index (χ3v) is 21.1. The number of benzene rings is 4. The van der Waals surface area contributed by atoms with E-state index in [1.807, 2.05) is 115 Å². The van der Waals surface area contributed by atoms with Crippen molar-refractivity contribution in [2.75, 3.05) is 39.0 Å². The Bertz CT molecular complexity index is 4910. The molecule has 4 aromatic carbocycles. The molecule has 9 aliphatic heterocycles. The molecule has 12 heterocycles. The SMILES string of the molecule is COC(=O)[C@]1(NC(=O)c2ccc(-c3c4nc(c(-c5ccccc5)c5ccc([nH]5)c(-c5ccccc5)c5nc(c(-c6ccccc6)c6ccc3[nH]6)C=C5)C=C4)cc2)C[C@H]2C(=O)N[C@]3(C[C@H]4C(=O)N[C@]5(C[C@H]6C(=O)N[C@@]7(CN[C@H](C(=O)N[C@@H](CS)C(N)=O)C7)C(=O)N6C5)C(=O)N4C3)C(=O)N2C1. The summed E-state index contributed by atoms with van der Waals surface area (Å²) in [6, 6.07) is 39.3. The van der Waals surface area contributed by atoms with E-state index in [9.17, 15) is 43.2 Å². The summed E-state index contributed by atoms with van der Waals surface area (Å²) in [5.41, 5.74) is 11.1. The summed E-state index contributed by atoms with van der Waals surface area (Å²) in [4.78, 5) is 163. The number of carbonyl (C=O) groups excluding carboxylic acids is 10. The second-order valence-electron chi connectivity index (χ2n) is 26.7. The van der Waals surface area contributed by atoms with Crippen molar-refractivity contribution in [1.29, 1.82) is 0 Å². The Hall–Kier alpha value is -11.5. The largest absolute Gasteiger partial charge is 0.467 e. The molecule has 3 aromatic heterocycles. The van der Waals surface area contributed by atoms with Crippen LogP contribution < -0.4 is 37.6 Å². The summed E-state index contributed by atoms with van der Waals surface area (Å²) in [5, 5.41) is 16.7. The maximum absolute atomic E-state index is 15.2. The van der Waals surface area contributed by atoms with Crippen molar-refractivity contribution in [3.8, 4) is 44.5 Å². The molecule has 99 heavy (non-hydrogen) atoms. The Kier molecular flexibility index (Phi) is 14.7. The molecule has 7 fully saturated rings. The number of esters is 1. The van der Waals surface area contributed by atoms with Crippen LogP contribution in [0, 0.1) is 0 Å². The molecule has 7 saturated heterocycles. The number of H-pyrrole nitrogens is 2. The summed E-state index contributed by atoms with van der Waals surface area (Å²) < 4.78 is 5.33. The molecule has 8 bridgehead atoms. The van der Waals surface area contributed by atoms with Gasteiger partial charge in [0.05, 0.1) is 55.6 Å². The third kappa shape index (κ3) is 10.1. The molecule has 9 amide bonds. The first kappa shape index (κ1) is 62.3. The van der Waals surface area contributed by atoms with Crippen LogP contribution >= 0.6 is 12.6 Å². The summed E-state index contributed by atoms with van der Waals surface area (Å²) in [6.45, 7) is -1.58. The maximum Gasteiger partial charge on any atom is 0.333 e. The highest BCUT2D eigenvalue weighted by atomic mass is 32.1. The molecule has 0 aliphatic carbocycles. The number of aromatic amines is 2. The Labute approximate surface area is 569 Å². The van der Waals surface area contributed by atoms with Crippen LogP contribution in [-0.4, -0.2) is 185 Å². The molecular formula is C73H64N14O11S. The normalized spacial score (nSPS) is 25.9. The number of hydrogen-bond donors (Lipinski definition) is 10. The number of primary amides is 1. The molecule has 0 saturated carbocycles. The van der Waals surface area contributed by atoms with Gasteiger partial charge in [0, 0.05) is 87.9 Å². The Morgan fingerprint density at radius 2 is 0.929 bits per heavy atom. The highest BCUT2D eigenvalue weighted by Crippen LogP contribution is 2.46. The van der Waals surface area contributed by atoms with Crippen molar-refractivity contribution >= 4 is 118 Å². The number of nitrogens with two attached hydrogens (primary N) is 1. The smallest absolute Gasteiger partial charge is 0.333 e. The van der Waals surface area contributed by atoms with Gasteiger partial charge in [-0.1, -0.05) is 103 Å². The van der Waals surface area contributed by atoms with Gasteiger partial charge in [0.15, 0.2) is 5.54 Å². The zero-order chi connectivity index (χ0) is 68.4. The van der Waals surface area contributed by atoms with Gasteiger partial charge in [-0.05, 0) is 83.0 Å². The van der Waals surface area contributed by atoms with E-state index in [4.69, 9.17) is 20.4 Å². The van der Waals surface area contributed by atoms with Gasteiger partial charge in [0.25, 0.3) is 23.6 Å². The van der Waals surface area contributed by atoms with Crippen molar-refractivity contribution in [3.63, 3.8) is 0 Å². The Morgan fingerprint density at radius 1 is 0.535 bits per heavy atom. The number of amides is 9. The molecule has 7 aromatic rings. The van der Waals surface area contributed by atoms with Crippen LogP contribution in [0.1, 0.15) is 58.8 Å². The zero-order valence-corrected chi connectivity index (χ0v) is 54.0. The molecule has 25 nitrogen and oxygen atoms in total. The highest BCUT2D eigenvalue weighted by Gasteiger charge is 2.70. The van der Waals surface area contributed by atoms with E-state index in [1.165, 1.54) is 14.7 Å². The van der Waals surface area contributed by atoms with E-state index in [-0.39, 0.29) is 43.5 Å². The van der Waals surface area contributed by atoms with Crippen LogP contribution in [0.5, 0.6) is 0 Å². The predicted molar refractivity (Wildman–Crippen MR) is 367 cm³/mol. The zero-order valence-electron chi connectivity index (χ0n) is 53.1. The van der Waals surface area contributed by atoms with Gasteiger partial charge < -0.3 is 67.0 Å². The van der Waals surface area contributed by atoms with E-state index in [1.54, 1.807) is 24.3 Å². The number of piperazine rings is 3. The van der Waals surface area contributed by atoms with Gasteiger partial charge in [-0.3, -0.25) is 43.2 Å². The number of carbonyl (C=O) groups is 10. The minimum Gasteiger partial charge on any atom is -0.467 e. The molecule has 0 radical (unpaired) electrons. The van der Waals surface area contributed by atoms with Crippen molar-refractivity contribution < 1.29 is 52.7 Å². The van der Waals surface area contributed by atoms with Gasteiger partial charge in [-0.25, -0.2) is 14.8 Å². The summed E-state index contributed by atoms with van der Waals surface area (Å²) in [5.74, 6) is -7.20. The lowest BCUT2D eigenvalue weighted by molar-refractivity contribution is -0.154. The number of thiol groups is 1. The van der Waals surface area contributed by atoms with Gasteiger partial charge >= 0.3 is 5.97 Å². The van der Waals surface area contributed by atoms with Crippen LogP contribution in [0.2, 0.25) is 0 Å². The quantitative estimate of drug-likeness (QED) is 0.0653. The van der Waals surface area contributed by atoms with E-state index in [2.05, 4.69) is 78.8 Å². The molecule has 10 N–H and O–H groups in total. The highest BCUT2D eigenvalue weighted by molar-refractivity contribution is 7.80. The fraction of sp³-hybridized carbons (Fsp3) is 0.260. The number of fused-ring (bicyclic) bond motifs is 11. The van der Waals surface area contributed by atoms with Crippen LogP contribution in [0.15, 0.2) is 140 Å². The molecular weight excluding hydrogens is 1280 g/mol. The molecule has 9 aliphatic rings. The number of nitrogens with zero attached hydrogens (tertiary/aromatic N) is 5. The van der Waals surface area contributed by atoms with Crippen molar-refractivity contribution in [2.45, 2.75) is 78.0 Å².